The second-order valence-corrected chi connectivity index (χ2v) is 5.28. The second kappa shape index (κ2) is 6.54. The number of aromatic nitrogens is 1. The van der Waals surface area contributed by atoms with Crippen molar-refractivity contribution < 1.29 is 37.4 Å². The van der Waals surface area contributed by atoms with Crippen molar-refractivity contribution in [2.24, 2.45) is 0 Å². The van der Waals surface area contributed by atoms with E-state index in [1.54, 1.807) is 4.57 Å². The number of carboxylic acids is 2. The Labute approximate surface area is 136 Å². The van der Waals surface area contributed by atoms with E-state index in [4.69, 9.17) is 15.0 Å². The number of aromatic carboxylic acids is 1. The van der Waals surface area contributed by atoms with Gasteiger partial charge in [-0.05, 0) is 31.0 Å². The maximum absolute atomic E-state index is 13.2. The fourth-order valence-electron chi connectivity index (χ4n) is 2.13. The number of aliphatic carboxylic acids is 1. The van der Waals surface area contributed by atoms with E-state index in [0.29, 0.717) is 5.52 Å². The molecule has 0 amide bonds. The molecule has 2 N–H and O–H groups in total. The van der Waals surface area contributed by atoms with Crippen LogP contribution in [0.25, 0.3) is 10.9 Å². The molecule has 25 heavy (non-hydrogen) atoms. The number of hydrogen-bond donors (Lipinski definition) is 2. The first-order valence-corrected chi connectivity index (χ1v) is 6.90. The highest BCUT2D eigenvalue weighted by Gasteiger charge is 2.38. The molecule has 0 bridgehead atoms. The van der Waals surface area contributed by atoms with Crippen molar-refractivity contribution in [3.63, 3.8) is 0 Å². The van der Waals surface area contributed by atoms with Crippen molar-refractivity contribution in [3.05, 3.63) is 46.0 Å². The summed E-state index contributed by atoms with van der Waals surface area (Å²) in [4.78, 5) is 31.9. The predicted octanol–water partition coefficient (Wildman–Crippen LogP) is 2.81. The highest BCUT2D eigenvalue weighted by molar-refractivity contribution is 5.92. The van der Waals surface area contributed by atoms with Gasteiger partial charge in [-0.1, -0.05) is 0 Å². The number of carbonyl (C=O) groups is 2. The first-order valence-electron chi connectivity index (χ1n) is 6.90. The number of alkyl halides is 3. The number of carboxylic acid groups (broad SMARTS) is 2. The van der Waals surface area contributed by atoms with Gasteiger partial charge in [0.1, 0.15) is 11.4 Å². The van der Waals surface area contributed by atoms with Crippen LogP contribution in [0.2, 0.25) is 0 Å². The molecule has 10 heteroatoms. The van der Waals surface area contributed by atoms with E-state index < -0.39 is 29.4 Å². The van der Waals surface area contributed by atoms with Crippen LogP contribution in [-0.4, -0.2) is 32.9 Å². The lowest BCUT2D eigenvalue weighted by Gasteiger charge is -2.11. The maximum Gasteiger partial charge on any atom is 0.490 e. The van der Waals surface area contributed by atoms with Gasteiger partial charge in [-0.2, -0.15) is 13.2 Å². The summed E-state index contributed by atoms with van der Waals surface area (Å²) in [5, 5.41) is 16.3. The Bertz CT molecular complexity index is 899. The first kappa shape index (κ1) is 18.4. The number of rotatable bonds is 2. The summed E-state index contributed by atoms with van der Waals surface area (Å²) in [6.07, 6.45) is -1.81. The average Bonchev–Trinajstić information content (AvgIpc) is 3.32. The van der Waals surface area contributed by atoms with E-state index in [-0.39, 0.29) is 17.0 Å². The zero-order chi connectivity index (χ0) is 18.9. The quantitative estimate of drug-likeness (QED) is 0.802. The third kappa shape index (κ3) is 4.14. The van der Waals surface area contributed by atoms with Crippen molar-refractivity contribution in [2.75, 3.05) is 0 Å². The molecule has 0 spiro atoms. The molecule has 1 aromatic carbocycles. The normalized spacial score (nSPS) is 13.9. The minimum absolute atomic E-state index is 0.127. The molecule has 0 aliphatic heterocycles. The second-order valence-electron chi connectivity index (χ2n) is 5.28. The smallest absolute Gasteiger partial charge is 0.477 e. The predicted molar refractivity (Wildman–Crippen MR) is 77.1 cm³/mol. The van der Waals surface area contributed by atoms with E-state index >= 15 is 0 Å². The number of hydrogen-bond acceptors (Lipinski definition) is 3. The number of nitrogens with zero attached hydrogens (tertiary/aromatic N) is 1. The topological polar surface area (TPSA) is 96.6 Å². The largest absolute Gasteiger partial charge is 0.490 e. The summed E-state index contributed by atoms with van der Waals surface area (Å²) in [7, 11) is 0. The molecule has 1 heterocycles. The van der Waals surface area contributed by atoms with Gasteiger partial charge < -0.3 is 14.8 Å². The molecule has 1 saturated carbocycles. The van der Waals surface area contributed by atoms with Gasteiger partial charge in [0.05, 0.1) is 5.52 Å². The van der Waals surface area contributed by atoms with Crippen LogP contribution in [0, 0.1) is 5.82 Å². The van der Waals surface area contributed by atoms with Crippen molar-refractivity contribution in [2.45, 2.75) is 25.1 Å². The number of fused-ring (bicyclic) bond motifs is 1. The van der Waals surface area contributed by atoms with Crippen LogP contribution < -0.4 is 5.43 Å². The van der Waals surface area contributed by atoms with Crippen LogP contribution in [0.4, 0.5) is 17.6 Å². The minimum atomic E-state index is -5.08. The average molecular weight is 361 g/mol. The minimum Gasteiger partial charge on any atom is -0.477 e. The lowest BCUT2D eigenvalue weighted by Crippen LogP contribution is -2.21. The summed E-state index contributed by atoms with van der Waals surface area (Å²) in [5.74, 6) is -4.57. The number of pyridine rings is 1. The van der Waals surface area contributed by atoms with Gasteiger partial charge in [0.25, 0.3) is 0 Å². The van der Waals surface area contributed by atoms with Gasteiger partial charge in [-0.25, -0.2) is 14.0 Å². The lowest BCUT2D eigenvalue weighted by atomic mass is 10.1. The van der Waals surface area contributed by atoms with Crippen LogP contribution in [0.3, 0.4) is 0 Å². The molecule has 3 rings (SSSR count). The Morgan fingerprint density at radius 3 is 2.16 bits per heavy atom. The maximum atomic E-state index is 13.2. The van der Waals surface area contributed by atoms with Gasteiger partial charge in [0, 0.05) is 17.6 Å². The van der Waals surface area contributed by atoms with Gasteiger partial charge in [-0.15, -0.1) is 0 Å². The molecule has 2 aromatic rings. The van der Waals surface area contributed by atoms with Crippen molar-refractivity contribution >= 4 is 22.8 Å². The molecule has 1 aliphatic carbocycles. The third-order valence-electron chi connectivity index (χ3n) is 3.41. The summed E-state index contributed by atoms with van der Waals surface area (Å²) in [6.45, 7) is 0. The molecule has 1 aromatic heterocycles. The SMILES string of the molecule is O=C(O)C(F)(F)F.O=C(O)c1cn(C2CC2)c2ccc(F)cc2c1=O. The summed E-state index contributed by atoms with van der Waals surface area (Å²) in [6, 6.07) is 4.12. The molecule has 1 fully saturated rings. The third-order valence-corrected chi connectivity index (χ3v) is 3.41. The van der Waals surface area contributed by atoms with Crippen molar-refractivity contribution in [3.8, 4) is 0 Å². The van der Waals surface area contributed by atoms with E-state index in [1.165, 1.54) is 18.3 Å². The fraction of sp³-hybridized carbons (Fsp3) is 0.267. The number of halogens is 4. The molecule has 0 radical (unpaired) electrons. The Balaban J connectivity index is 0.000000277. The molecular weight excluding hydrogens is 350 g/mol. The highest BCUT2D eigenvalue weighted by atomic mass is 19.4. The lowest BCUT2D eigenvalue weighted by molar-refractivity contribution is -0.192. The first-order chi connectivity index (χ1) is 11.5. The highest BCUT2D eigenvalue weighted by Crippen LogP contribution is 2.36. The molecule has 0 saturated heterocycles. The monoisotopic (exact) mass is 361 g/mol. The Kier molecular flexibility index (Phi) is 4.82. The molecule has 0 unspecified atom stereocenters. The fourth-order valence-corrected chi connectivity index (χ4v) is 2.13. The van der Waals surface area contributed by atoms with Crippen LogP contribution in [0.5, 0.6) is 0 Å². The Morgan fingerprint density at radius 2 is 1.72 bits per heavy atom. The van der Waals surface area contributed by atoms with Gasteiger partial charge in [0.15, 0.2) is 0 Å². The Morgan fingerprint density at radius 1 is 1.16 bits per heavy atom. The zero-order valence-electron chi connectivity index (χ0n) is 12.4. The zero-order valence-corrected chi connectivity index (χ0v) is 12.4. The van der Waals surface area contributed by atoms with E-state index in [2.05, 4.69) is 0 Å². The van der Waals surface area contributed by atoms with E-state index in [9.17, 15) is 27.2 Å². The van der Waals surface area contributed by atoms with Crippen LogP contribution >= 0.6 is 0 Å². The van der Waals surface area contributed by atoms with E-state index in [0.717, 1.165) is 18.9 Å². The summed E-state index contributed by atoms with van der Waals surface area (Å²) < 4.78 is 46.7. The van der Waals surface area contributed by atoms with Gasteiger partial charge >= 0.3 is 18.1 Å². The van der Waals surface area contributed by atoms with Crippen molar-refractivity contribution in [1.82, 2.24) is 4.57 Å². The molecule has 0 atom stereocenters. The summed E-state index contributed by atoms with van der Waals surface area (Å²) in [5.41, 5.74) is -0.345. The van der Waals surface area contributed by atoms with E-state index in [1.807, 2.05) is 0 Å². The van der Waals surface area contributed by atoms with Gasteiger partial charge in [0.2, 0.25) is 5.43 Å². The van der Waals surface area contributed by atoms with Crippen molar-refractivity contribution in [1.29, 1.82) is 0 Å². The molecular formula is C15H11F4NO5. The van der Waals surface area contributed by atoms with Crippen LogP contribution in [0.1, 0.15) is 29.2 Å². The van der Waals surface area contributed by atoms with Gasteiger partial charge in [-0.3, -0.25) is 4.79 Å². The van der Waals surface area contributed by atoms with Crippen LogP contribution in [-0.2, 0) is 4.79 Å². The summed E-state index contributed by atoms with van der Waals surface area (Å²) >= 11 is 0. The number of benzene rings is 1. The van der Waals surface area contributed by atoms with Crippen LogP contribution in [0.15, 0.2) is 29.2 Å². The Hall–Kier alpha value is -2.91. The molecule has 134 valence electrons. The molecule has 1 aliphatic rings. The molecule has 6 nitrogen and oxygen atoms in total. The standard InChI is InChI=1S/C13H10FNO3.C2HF3O2/c14-7-1-4-11-9(5-7)12(16)10(13(17)18)6-15(11)8-2-3-8;3-2(4,5)1(6)7/h1,4-6,8H,2-3H2,(H,17,18);(H,6,7).